The van der Waals surface area contributed by atoms with E-state index in [1.54, 1.807) is 20.8 Å². The Labute approximate surface area is 121 Å². The van der Waals surface area contributed by atoms with Crippen molar-refractivity contribution in [3.8, 4) is 0 Å². The zero-order valence-electron chi connectivity index (χ0n) is 13.4. The Kier molecular flexibility index (Phi) is 4.42. The van der Waals surface area contributed by atoms with Crippen LogP contribution in [0.4, 0.5) is 4.79 Å². The number of hydrogen-bond acceptors (Lipinski definition) is 3. The van der Waals surface area contributed by atoms with E-state index in [9.17, 15) is 14.7 Å². The number of carbonyl (C=O) groups is 2. The van der Waals surface area contributed by atoms with E-state index in [4.69, 9.17) is 4.74 Å². The van der Waals surface area contributed by atoms with Crippen LogP contribution < -0.4 is 5.32 Å². The van der Waals surface area contributed by atoms with Crippen LogP contribution >= 0.6 is 0 Å². The van der Waals surface area contributed by atoms with Crippen LogP contribution in [0.15, 0.2) is 0 Å². The molecule has 0 aromatic heterocycles. The van der Waals surface area contributed by atoms with Gasteiger partial charge in [-0.1, -0.05) is 20.8 Å². The van der Waals surface area contributed by atoms with Crippen molar-refractivity contribution in [2.75, 3.05) is 6.54 Å². The Balaban J connectivity index is 2.56. The quantitative estimate of drug-likeness (QED) is 0.835. The third kappa shape index (κ3) is 4.12. The molecule has 5 heteroatoms. The molecular weight excluding hydrogens is 258 g/mol. The van der Waals surface area contributed by atoms with E-state index in [1.807, 2.05) is 0 Å². The van der Waals surface area contributed by atoms with Gasteiger partial charge in [0.1, 0.15) is 5.60 Å². The Morgan fingerprint density at radius 2 is 1.70 bits per heavy atom. The lowest BCUT2D eigenvalue weighted by Crippen LogP contribution is -2.54. The molecule has 0 heterocycles. The summed E-state index contributed by atoms with van der Waals surface area (Å²) in [6.45, 7) is 11.8. The fraction of sp³-hybridized carbons (Fsp3) is 0.867. The van der Waals surface area contributed by atoms with Gasteiger partial charge in [-0.2, -0.15) is 0 Å². The molecule has 1 aliphatic rings. The first kappa shape index (κ1) is 16.8. The van der Waals surface area contributed by atoms with Gasteiger partial charge in [0.15, 0.2) is 0 Å². The van der Waals surface area contributed by atoms with Gasteiger partial charge < -0.3 is 15.2 Å². The molecule has 0 saturated heterocycles. The molecule has 0 bridgehead atoms. The molecule has 5 nitrogen and oxygen atoms in total. The van der Waals surface area contributed by atoms with E-state index in [2.05, 4.69) is 26.1 Å². The molecule has 1 rings (SSSR count). The molecule has 0 spiro atoms. The van der Waals surface area contributed by atoms with Crippen LogP contribution in [0.3, 0.4) is 0 Å². The zero-order chi connectivity index (χ0) is 15.8. The van der Waals surface area contributed by atoms with Gasteiger partial charge in [0.2, 0.25) is 0 Å². The maximum Gasteiger partial charge on any atom is 0.407 e. The molecule has 1 fully saturated rings. The van der Waals surface area contributed by atoms with E-state index in [0.29, 0.717) is 18.8 Å². The summed E-state index contributed by atoms with van der Waals surface area (Å²) in [6.07, 6.45) is 0.640. The van der Waals surface area contributed by atoms with Crippen LogP contribution in [-0.4, -0.2) is 29.3 Å². The number of carboxylic acid groups (broad SMARTS) is 1. The number of rotatable bonds is 3. The number of aliphatic carboxylic acids is 1. The molecule has 2 N–H and O–H groups in total. The number of amides is 1. The maximum atomic E-state index is 11.6. The molecule has 0 unspecified atom stereocenters. The Hall–Kier alpha value is -1.26. The fourth-order valence-electron chi connectivity index (χ4n) is 2.45. The summed E-state index contributed by atoms with van der Waals surface area (Å²) in [5.74, 6) is -0.465. The molecule has 1 aliphatic carbocycles. The number of carbonyl (C=O) groups excluding carboxylic acids is 1. The van der Waals surface area contributed by atoms with Gasteiger partial charge in [0.05, 0.1) is 5.41 Å². The lowest BCUT2D eigenvalue weighted by Gasteiger charge is -2.50. The standard InChI is InChI=1S/C15H27NO4/c1-13(2,3)10-7-15(8-10,11(17)18)9-16-12(19)20-14(4,5)6/h10H,7-9H2,1-6H3,(H,16,19)(H,17,18). The summed E-state index contributed by atoms with van der Waals surface area (Å²) in [5, 5.41) is 12.0. The van der Waals surface area contributed by atoms with Gasteiger partial charge in [-0.15, -0.1) is 0 Å². The number of hydrogen-bond donors (Lipinski definition) is 2. The van der Waals surface area contributed by atoms with Crippen molar-refractivity contribution >= 4 is 12.1 Å². The second-order valence-electron chi connectivity index (χ2n) is 7.91. The minimum absolute atomic E-state index is 0.102. The van der Waals surface area contributed by atoms with Crippen molar-refractivity contribution in [2.24, 2.45) is 16.7 Å². The minimum Gasteiger partial charge on any atom is -0.481 e. The van der Waals surface area contributed by atoms with E-state index >= 15 is 0 Å². The van der Waals surface area contributed by atoms with Gasteiger partial charge in [0, 0.05) is 6.54 Å². The average Bonchev–Trinajstić information content (AvgIpc) is 2.09. The first-order valence-electron chi connectivity index (χ1n) is 7.06. The molecule has 0 radical (unpaired) electrons. The van der Waals surface area contributed by atoms with Crippen LogP contribution in [0, 0.1) is 16.7 Å². The maximum absolute atomic E-state index is 11.6. The Bertz CT molecular complexity index is 384. The molecule has 0 aromatic carbocycles. The van der Waals surface area contributed by atoms with Crippen molar-refractivity contribution in [3.05, 3.63) is 0 Å². The SMILES string of the molecule is CC(C)(C)OC(=O)NCC1(C(=O)O)CC(C(C)(C)C)C1. The highest BCUT2D eigenvalue weighted by atomic mass is 16.6. The number of alkyl carbamates (subject to hydrolysis) is 1. The average molecular weight is 285 g/mol. The Morgan fingerprint density at radius 3 is 2.05 bits per heavy atom. The molecule has 1 amide bonds. The summed E-state index contributed by atoms with van der Waals surface area (Å²) in [6, 6.07) is 0. The van der Waals surface area contributed by atoms with Gasteiger partial charge in [-0.25, -0.2) is 4.79 Å². The number of ether oxygens (including phenoxy) is 1. The number of carboxylic acids is 1. The monoisotopic (exact) mass is 285 g/mol. The van der Waals surface area contributed by atoms with E-state index in [-0.39, 0.29) is 12.0 Å². The Morgan fingerprint density at radius 1 is 1.20 bits per heavy atom. The van der Waals surface area contributed by atoms with Crippen LogP contribution in [0.2, 0.25) is 0 Å². The van der Waals surface area contributed by atoms with E-state index < -0.39 is 23.1 Å². The van der Waals surface area contributed by atoms with Crippen LogP contribution in [0.5, 0.6) is 0 Å². The van der Waals surface area contributed by atoms with Crippen LogP contribution in [-0.2, 0) is 9.53 Å². The van der Waals surface area contributed by atoms with Crippen molar-refractivity contribution in [1.29, 1.82) is 0 Å². The predicted molar refractivity (Wildman–Crippen MR) is 76.5 cm³/mol. The summed E-state index contributed by atoms with van der Waals surface area (Å²) in [5.41, 5.74) is -1.31. The molecule has 116 valence electrons. The van der Waals surface area contributed by atoms with Gasteiger partial charge >= 0.3 is 12.1 Å². The summed E-state index contributed by atoms with van der Waals surface area (Å²) in [7, 11) is 0. The van der Waals surface area contributed by atoms with Crippen molar-refractivity contribution in [2.45, 2.75) is 60.0 Å². The highest BCUT2D eigenvalue weighted by Gasteiger charge is 2.53. The summed E-state index contributed by atoms with van der Waals surface area (Å²) < 4.78 is 5.13. The highest BCUT2D eigenvalue weighted by Crippen LogP contribution is 2.53. The molecule has 0 aromatic rings. The molecular formula is C15H27NO4. The topological polar surface area (TPSA) is 75.6 Å². The third-order valence-corrected chi connectivity index (χ3v) is 3.92. The summed E-state index contributed by atoms with van der Waals surface area (Å²) >= 11 is 0. The first-order chi connectivity index (χ1) is 8.86. The van der Waals surface area contributed by atoms with Crippen molar-refractivity contribution < 1.29 is 19.4 Å². The number of nitrogens with one attached hydrogen (secondary N) is 1. The zero-order valence-corrected chi connectivity index (χ0v) is 13.4. The van der Waals surface area contributed by atoms with E-state index in [1.165, 1.54) is 0 Å². The smallest absolute Gasteiger partial charge is 0.407 e. The second kappa shape index (κ2) is 5.26. The molecule has 1 saturated carbocycles. The van der Waals surface area contributed by atoms with Crippen LogP contribution in [0.25, 0.3) is 0 Å². The van der Waals surface area contributed by atoms with E-state index in [0.717, 1.165) is 0 Å². The lowest BCUT2D eigenvalue weighted by molar-refractivity contribution is -0.161. The molecule has 20 heavy (non-hydrogen) atoms. The largest absolute Gasteiger partial charge is 0.481 e. The molecule has 0 aliphatic heterocycles. The van der Waals surface area contributed by atoms with Crippen molar-refractivity contribution in [1.82, 2.24) is 5.32 Å². The second-order valence-corrected chi connectivity index (χ2v) is 7.91. The van der Waals surface area contributed by atoms with Gasteiger partial charge in [0.25, 0.3) is 0 Å². The third-order valence-electron chi connectivity index (χ3n) is 3.92. The molecule has 0 atom stereocenters. The van der Waals surface area contributed by atoms with Gasteiger partial charge in [-0.3, -0.25) is 4.79 Å². The van der Waals surface area contributed by atoms with Gasteiger partial charge in [-0.05, 0) is 44.9 Å². The lowest BCUT2D eigenvalue weighted by atomic mass is 9.54. The van der Waals surface area contributed by atoms with Crippen LogP contribution in [0.1, 0.15) is 54.4 Å². The summed E-state index contributed by atoms with van der Waals surface area (Å²) in [4.78, 5) is 23.1. The normalized spacial score (nSPS) is 26.6. The van der Waals surface area contributed by atoms with Crippen molar-refractivity contribution in [3.63, 3.8) is 0 Å². The fourth-order valence-corrected chi connectivity index (χ4v) is 2.45. The predicted octanol–water partition coefficient (Wildman–Crippen LogP) is 3.04. The highest BCUT2D eigenvalue weighted by molar-refractivity contribution is 5.77. The minimum atomic E-state index is -0.839. The first-order valence-corrected chi connectivity index (χ1v) is 7.06.